The lowest BCUT2D eigenvalue weighted by Crippen LogP contribution is -2.14. The van der Waals surface area contributed by atoms with Crippen molar-refractivity contribution in [1.82, 2.24) is 0 Å². The fourth-order valence-electron chi connectivity index (χ4n) is 1.13. The van der Waals surface area contributed by atoms with Gasteiger partial charge in [0.1, 0.15) is 0 Å². The Hall–Kier alpha value is -0.0800. The molecule has 0 aromatic carbocycles. The summed E-state index contributed by atoms with van der Waals surface area (Å²) in [5.41, 5.74) is 0. The summed E-state index contributed by atoms with van der Waals surface area (Å²) in [5, 5.41) is 0. The SMILES string of the molecule is C.C.C.CCCOCC1CCCO1. The summed E-state index contributed by atoms with van der Waals surface area (Å²) in [6, 6.07) is 0. The second-order valence-corrected chi connectivity index (χ2v) is 2.71. The topological polar surface area (TPSA) is 18.5 Å². The molecule has 0 spiro atoms. The van der Waals surface area contributed by atoms with Crippen LogP contribution in [0.25, 0.3) is 0 Å². The van der Waals surface area contributed by atoms with E-state index in [4.69, 9.17) is 9.47 Å². The van der Waals surface area contributed by atoms with E-state index in [1.54, 1.807) is 0 Å². The minimum atomic E-state index is 0. The van der Waals surface area contributed by atoms with Crippen molar-refractivity contribution in [2.45, 2.75) is 54.6 Å². The van der Waals surface area contributed by atoms with E-state index in [9.17, 15) is 0 Å². The molecule has 2 heteroatoms. The molecule has 0 radical (unpaired) electrons. The van der Waals surface area contributed by atoms with Crippen LogP contribution in [0.5, 0.6) is 0 Å². The van der Waals surface area contributed by atoms with Crippen molar-refractivity contribution >= 4 is 0 Å². The predicted molar refractivity (Wildman–Crippen MR) is 60.3 cm³/mol. The van der Waals surface area contributed by atoms with Gasteiger partial charge in [-0.05, 0) is 19.3 Å². The van der Waals surface area contributed by atoms with Crippen LogP contribution < -0.4 is 0 Å². The zero-order chi connectivity index (χ0) is 7.23. The first kappa shape index (κ1) is 18.7. The Kier molecular flexibility index (Phi) is 17.1. The van der Waals surface area contributed by atoms with Crippen LogP contribution in [-0.4, -0.2) is 25.9 Å². The average molecular weight is 192 g/mol. The van der Waals surface area contributed by atoms with Gasteiger partial charge < -0.3 is 9.47 Å². The molecule has 0 aromatic rings. The van der Waals surface area contributed by atoms with Crippen molar-refractivity contribution in [1.29, 1.82) is 0 Å². The van der Waals surface area contributed by atoms with Gasteiger partial charge in [0.15, 0.2) is 0 Å². The van der Waals surface area contributed by atoms with Crippen molar-refractivity contribution in [2.75, 3.05) is 19.8 Å². The van der Waals surface area contributed by atoms with Crippen LogP contribution in [0.15, 0.2) is 0 Å². The van der Waals surface area contributed by atoms with Crippen LogP contribution >= 0.6 is 0 Å². The largest absolute Gasteiger partial charge is 0.379 e. The van der Waals surface area contributed by atoms with E-state index in [2.05, 4.69) is 6.92 Å². The smallest absolute Gasteiger partial charge is 0.0809 e. The fourth-order valence-corrected chi connectivity index (χ4v) is 1.13. The minimum absolute atomic E-state index is 0. The van der Waals surface area contributed by atoms with E-state index in [-0.39, 0.29) is 22.3 Å². The molecule has 1 saturated heterocycles. The minimum Gasteiger partial charge on any atom is -0.379 e. The zero-order valence-electron chi connectivity index (χ0n) is 6.64. The third-order valence-electron chi connectivity index (χ3n) is 1.68. The van der Waals surface area contributed by atoms with E-state index < -0.39 is 0 Å². The first-order valence-electron chi connectivity index (χ1n) is 4.13. The Morgan fingerprint density at radius 1 is 1.31 bits per heavy atom. The molecular formula is C11H28O2. The van der Waals surface area contributed by atoms with Gasteiger partial charge >= 0.3 is 0 Å². The first-order valence-corrected chi connectivity index (χ1v) is 4.13. The molecule has 1 aliphatic heterocycles. The summed E-state index contributed by atoms with van der Waals surface area (Å²) in [4.78, 5) is 0. The lowest BCUT2D eigenvalue weighted by atomic mass is 10.2. The maximum absolute atomic E-state index is 5.37. The summed E-state index contributed by atoms with van der Waals surface area (Å²) in [7, 11) is 0. The highest BCUT2D eigenvalue weighted by Crippen LogP contribution is 2.11. The van der Waals surface area contributed by atoms with Gasteiger partial charge in [-0.25, -0.2) is 0 Å². The molecule has 1 rings (SSSR count). The molecule has 1 atom stereocenters. The molecule has 0 aliphatic carbocycles. The van der Waals surface area contributed by atoms with Gasteiger partial charge in [-0.15, -0.1) is 0 Å². The van der Waals surface area contributed by atoms with Crippen LogP contribution in [0, 0.1) is 0 Å². The lowest BCUT2D eigenvalue weighted by Gasteiger charge is -2.08. The molecular weight excluding hydrogens is 164 g/mol. The lowest BCUT2D eigenvalue weighted by molar-refractivity contribution is 0.0175. The van der Waals surface area contributed by atoms with E-state index in [1.807, 2.05) is 0 Å². The molecule has 2 nitrogen and oxygen atoms in total. The highest BCUT2D eigenvalue weighted by atomic mass is 16.5. The molecule has 0 saturated carbocycles. The van der Waals surface area contributed by atoms with E-state index in [0.29, 0.717) is 6.10 Å². The van der Waals surface area contributed by atoms with Gasteiger partial charge in [0, 0.05) is 13.2 Å². The number of hydrogen-bond acceptors (Lipinski definition) is 2. The molecule has 0 bridgehead atoms. The van der Waals surface area contributed by atoms with E-state index in [1.165, 1.54) is 12.8 Å². The summed E-state index contributed by atoms with van der Waals surface area (Å²) >= 11 is 0. The molecule has 13 heavy (non-hydrogen) atoms. The maximum Gasteiger partial charge on any atom is 0.0809 e. The predicted octanol–water partition coefficient (Wildman–Crippen LogP) is 3.50. The highest BCUT2D eigenvalue weighted by molar-refractivity contribution is 4.62. The second kappa shape index (κ2) is 11.9. The fraction of sp³-hybridized carbons (Fsp3) is 1.00. The van der Waals surface area contributed by atoms with Crippen LogP contribution in [0.2, 0.25) is 0 Å². The molecule has 84 valence electrons. The summed E-state index contributed by atoms with van der Waals surface area (Å²) < 4.78 is 10.7. The Morgan fingerprint density at radius 3 is 2.46 bits per heavy atom. The average Bonchev–Trinajstić information content (AvgIpc) is 2.41. The van der Waals surface area contributed by atoms with Gasteiger partial charge in [-0.3, -0.25) is 0 Å². The van der Waals surface area contributed by atoms with Crippen LogP contribution in [0.1, 0.15) is 48.5 Å². The molecule has 1 unspecified atom stereocenters. The Morgan fingerprint density at radius 2 is 2.00 bits per heavy atom. The van der Waals surface area contributed by atoms with E-state index in [0.717, 1.165) is 26.2 Å². The van der Waals surface area contributed by atoms with Crippen LogP contribution in [0.4, 0.5) is 0 Å². The number of hydrogen-bond donors (Lipinski definition) is 0. The highest BCUT2D eigenvalue weighted by Gasteiger charge is 2.14. The normalized spacial score (nSPS) is 19.6. The van der Waals surface area contributed by atoms with Gasteiger partial charge in [0.2, 0.25) is 0 Å². The van der Waals surface area contributed by atoms with Crippen LogP contribution in [0.3, 0.4) is 0 Å². The third kappa shape index (κ3) is 8.26. The van der Waals surface area contributed by atoms with Crippen molar-refractivity contribution in [2.24, 2.45) is 0 Å². The Bertz CT molecular complexity index is 78.2. The molecule has 1 heterocycles. The molecule has 0 aromatic heterocycles. The Balaban J connectivity index is -0.000000333. The van der Waals surface area contributed by atoms with Gasteiger partial charge in [-0.2, -0.15) is 0 Å². The van der Waals surface area contributed by atoms with E-state index >= 15 is 0 Å². The number of rotatable bonds is 4. The summed E-state index contributed by atoms with van der Waals surface area (Å²) in [6.07, 6.45) is 3.89. The van der Waals surface area contributed by atoms with Crippen molar-refractivity contribution in [3.63, 3.8) is 0 Å². The van der Waals surface area contributed by atoms with Crippen molar-refractivity contribution in [3.8, 4) is 0 Å². The zero-order valence-corrected chi connectivity index (χ0v) is 6.64. The summed E-state index contributed by atoms with van der Waals surface area (Å²) in [6.45, 7) is 4.73. The maximum atomic E-state index is 5.37. The Labute approximate surface area is 84.6 Å². The summed E-state index contributed by atoms with van der Waals surface area (Å²) in [5.74, 6) is 0. The third-order valence-corrected chi connectivity index (χ3v) is 1.68. The first-order chi connectivity index (χ1) is 4.93. The van der Waals surface area contributed by atoms with Crippen molar-refractivity contribution < 1.29 is 9.47 Å². The molecule has 1 aliphatic rings. The quantitative estimate of drug-likeness (QED) is 0.635. The standard InChI is InChI=1S/C8H16O2.3CH4/c1-2-5-9-7-8-4-3-6-10-8;;;/h8H,2-7H2,1H3;3*1H4. The number of ether oxygens (including phenoxy) is 2. The second-order valence-electron chi connectivity index (χ2n) is 2.71. The molecule has 1 fully saturated rings. The van der Waals surface area contributed by atoms with Gasteiger partial charge in [0.25, 0.3) is 0 Å². The molecule has 0 amide bonds. The van der Waals surface area contributed by atoms with Gasteiger partial charge in [0.05, 0.1) is 12.7 Å². The van der Waals surface area contributed by atoms with Crippen LogP contribution in [-0.2, 0) is 9.47 Å². The van der Waals surface area contributed by atoms with Gasteiger partial charge in [-0.1, -0.05) is 29.2 Å². The monoisotopic (exact) mass is 192 g/mol. The molecule has 0 N–H and O–H groups in total. The van der Waals surface area contributed by atoms with Crippen molar-refractivity contribution in [3.05, 3.63) is 0 Å².